The highest BCUT2D eigenvalue weighted by atomic mass is 127. The topological polar surface area (TPSA) is 52.1 Å². The number of hydrogen-bond acceptors (Lipinski definition) is 4. The molecule has 3 rings (SSSR count). The second kappa shape index (κ2) is 13.5. The number of aliphatic imine (C=N–C) groups is 1. The van der Waals surface area contributed by atoms with Crippen molar-refractivity contribution < 1.29 is 4.74 Å². The van der Waals surface area contributed by atoms with Crippen molar-refractivity contribution in [1.29, 1.82) is 0 Å². The Morgan fingerprint density at radius 1 is 1.00 bits per heavy atom. The molecular formula is C24H36IN5O. The summed E-state index contributed by atoms with van der Waals surface area (Å²) in [4.78, 5) is 9.33. The second-order valence-corrected chi connectivity index (χ2v) is 7.77. The van der Waals surface area contributed by atoms with Gasteiger partial charge in [0.1, 0.15) is 0 Å². The molecule has 31 heavy (non-hydrogen) atoms. The number of guanidine groups is 1. The first-order chi connectivity index (χ1) is 14.7. The molecule has 0 spiro atoms. The number of morpholine rings is 1. The Morgan fingerprint density at radius 2 is 1.68 bits per heavy atom. The van der Waals surface area contributed by atoms with Crippen LogP contribution in [0.2, 0.25) is 0 Å². The molecular weight excluding hydrogens is 501 g/mol. The van der Waals surface area contributed by atoms with Gasteiger partial charge in [0.15, 0.2) is 5.96 Å². The Hall–Kier alpha value is -1.84. The fraction of sp³-hybridized carbons (Fsp3) is 0.458. The zero-order valence-corrected chi connectivity index (χ0v) is 21.3. The molecule has 1 saturated heterocycles. The summed E-state index contributed by atoms with van der Waals surface area (Å²) < 4.78 is 5.47. The van der Waals surface area contributed by atoms with Gasteiger partial charge in [0.25, 0.3) is 0 Å². The second-order valence-electron chi connectivity index (χ2n) is 7.77. The number of ether oxygens (including phenoxy) is 1. The van der Waals surface area contributed by atoms with Gasteiger partial charge < -0.3 is 20.3 Å². The average molecular weight is 537 g/mol. The van der Waals surface area contributed by atoms with Crippen LogP contribution in [0, 0.1) is 0 Å². The van der Waals surface area contributed by atoms with Crippen LogP contribution in [0.5, 0.6) is 0 Å². The number of rotatable bonds is 8. The molecule has 0 aliphatic carbocycles. The number of halogens is 1. The van der Waals surface area contributed by atoms with E-state index in [0.29, 0.717) is 6.54 Å². The lowest BCUT2D eigenvalue weighted by molar-refractivity contribution is 0.0341. The monoisotopic (exact) mass is 537 g/mol. The fourth-order valence-corrected chi connectivity index (χ4v) is 3.47. The van der Waals surface area contributed by atoms with Crippen LogP contribution in [0.25, 0.3) is 0 Å². The third-order valence-corrected chi connectivity index (χ3v) is 5.28. The summed E-state index contributed by atoms with van der Waals surface area (Å²) in [6, 6.07) is 17.2. The Balaban J connectivity index is 0.00000341. The lowest BCUT2D eigenvalue weighted by Gasteiger charge is -2.27. The first-order valence-corrected chi connectivity index (χ1v) is 10.8. The van der Waals surface area contributed by atoms with Gasteiger partial charge in [-0.15, -0.1) is 24.0 Å². The van der Waals surface area contributed by atoms with Gasteiger partial charge in [-0.3, -0.25) is 4.90 Å². The summed E-state index contributed by atoms with van der Waals surface area (Å²) >= 11 is 0. The van der Waals surface area contributed by atoms with Crippen LogP contribution >= 0.6 is 24.0 Å². The number of benzene rings is 2. The average Bonchev–Trinajstić information content (AvgIpc) is 2.77. The number of nitrogens with zero attached hydrogens (tertiary/aromatic N) is 3. The van der Waals surface area contributed by atoms with Crippen molar-refractivity contribution in [3.63, 3.8) is 0 Å². The highest BCUT2D eigenvalue weighted by Crippen LogP contribution is 2.14. The quantitative estimate of drug-likeness (QED) is 0.307. The minimum Gasteiger partial charge on any atom is -0.379 e. The maximum absolute atomic E-state index is 5.47. The molecule has 0 bridgehead atoms. The predicted octanol–water partition coefficient (Wildman–Crippen LogP) is 3.46. The van der Waals surface area contributed by atoms with Crippen molar-refractivity contribution in [3.8, 4) is 0 Å². The molecule has 1 heterocycles. The van der Waals surface area contributed by atoms with Gasteiger partial charge in [-0.25, -0.2) is 4.99 Å². The van der Waals surface area contributed by atoms with E-state index in [1.807, 2.05) is 0 Å². The van der Waals surface area contributed by atoms with Gasteiger partial charge in [-0.2, -0.15) is 0 Å². The summed E-state index contributed by atoms with van der Waals surface area (Å²) in [6.45, 7) is 8.95. The van der Waals surface area contributed by atoms with E-state index in [1.54, 1.807) is 0 Å². The Labute approximate surface area is 204 Å². The highest BCUT2D eigenvalue weighted by Gasteiger charge is 2.12. The molecule has 2 aromatic rings. The molecule has 0 amide bonds. The highest BCUT2D eigenvalue weighted by molar-refractivity contribution is 14.0. The number of hydrogen-bond donors (Lipinski definition) is 2. The van der Waals surface area contributed by atoms with Crippen LogP contribution in [0.15, 0.2) is 53.5 Å². The van der Waals surface area contributed by atoms with Crippen LogP contribution < -0.4 is 15.5 Å². The molecule has 170 valence electrons. The maximum atomic E-state index is 5.47. The standard InChI is InChI=1S/C24H35N5O.HI/c1-4-25-24(26-17-20-9-11-23(12-10-20)28(2)3)27-18-21-7-5-6-8-22(21)19-29-13-15-30-16-14-29;/h5-12H,4,13-19H2,1-3H3,(H2,25,26,27);1H. The van der Waals surface area contributed by atoms with Gasteiger partial charge in [0.2, 0.25) is 0 Å². The first-order valence-electron chi connectivity index (χ1n) is 10.8. The van der Waals surface area contributed by atoms with Crippen molar-refractivity contribution in [3.05, 3.63) is 65.2 Å². The lowest BCUT2D eigenvalue weighted by Crippen LogP contribution is -2.38. The molecule has 7 heteroatoms. The molecule has 0 aromatic heterocycles. The van der Waals surface area contributed by atoms with Crippen LogP contribution in [0.1, 0.15) is 23.6 Å². The fourth-order valence-electron chi connectivity index (χ4n) is 3.47. The van der Waals surface area contributed by atoms with Crippen LogP contribution in [-0.4, -0.2) is 57.8 Å². The molecule has 1 aliphatic heterocycles. The molecule has 2 aromatic carbocycles. The van der Waals surface area contributed by atoms with E-state index in [2.05, 4.69) is 90.0 Å². The van der Waals surface area contributed by atoms with E-state index in [9.17, 15) is 0 Å². The molecule has 0 saturated carbocycles. The minimum absolute atomic E-state index is 0. The van der Waals surface area contributed by atoms with E-state index in [-0.39, 0.29) is 24.0 Å². The first kappa shape index (κ1) is 25.4. The van der Waals surface area contributed by atoms with Crippen LogP contribution in [0.3, 0.4) is 0 Å². The number of nitrogens with one attached hydrogen (secondary N) is 2. The smallest absolute Gasteiger partial charge is 0.191 e. The van der Waals surface area contributed by atoms with E-state index < -0.39 is 0 Å². The van der Waals surface area contributed by atoms with Crippen LogP contribution in [0.4, 0.5) is 5.69 Å². The van der Waals surface area contributed by atoms with Crippen molar-refractivity contribution in [2.24, 2.45) is 4.99 Å². The van der Waals surface area contributed by atoms with Gasteiger partial charge in [-0.05, 0) is 35.7 Å². The van der Waals surface area contributed by atoms with Crippen molar-refractivity contribution in [2.75, 3.05) is 51.8 Å². The Bertz CT molecular complexity index is 804. The zero-order chi connectivity index (χ0) is 21.2. The largest absolute Gasteiger partial charge is 0.379 e. The minimum atomic E-state index is 0. The molecule has 0 atom stereocenters. The summed E-state index contributed by atoms with van der Waals surface area (Å²) in [7, 11) is 4.11. The normalized spacial score (nSPS) is 14.6. The van der Waals surface area contributed by atoms with E-state index in [0.717, 1.165) is 51.9 Å². The lowest BCUT2D eigenvalue weighted by atomic mass is 10.1. The van der Waals surface area contributed by atoms with Crippen molar-refractivity contribution in [1.82, 2.24) is 15.5 Å². The molecule has 1 aliphatic rings. The van der Waals surface area contributed by atoms with Gasteiger partial charge in [0.05, 0.1) is 19.8 Å². The van der Waals surface area contributed by atoms with Gasteiger partial charge in [0, 0.05) is 52.5 Å². The van der Waals surface area contributed by atoms with E-state index in [1.165, 1.54) is 22.4 Å². The maximum Gasteiger partial charge on any atom is 0.191 e. The Morgan fingerprint density at radius 3 is 2.32 bits per heavy atom. The molecule has 1 fully saturated rings. The molecule has 2 N–H and O–H groups in total. The summed E-state index contributed by atoms with van der Waals surface area (Å²) in [5.74, 6) is 0.843. The van der Waals surface area contributed by atoms with Gasteiger partial charge in [-0.1, -0.05) is 36.4 Å². The van der Waals surface area contributed by atoms with E-state index >= 15 is 0 Å². The van der Waals surface area contributed by atoms with Crippen LogP contribution in [-0.2, 0) is 24.4 Å². The predicted molar refractivity (Wildman–Crippen MR) is 140 cm³/mol. The van der Waals surface area contributed by atoms with Crippen molar-refractivity contribution in [2.45, 2.75) is 26.6 Å². The zero-order valence-electron chi connectivity index (χ0n) is 18.9. The third kappa shape index (κ3) is 8.31. The summed E-state index contributed by atoms with van der Waals surface area (Å²) in [5, 5.41) is 6.86. The van der Waals surface area contributed by atoms with E-state index in [4.69, 9.17) is 9.73 Å². The van der Waals surface area contributed by atoms with Crippen molar-refractivity contribution >= 4 is 35.6 Å². The molecule has 0 unspecified atom stereocenters. The summed E-state index contributed by atoms with van der Waals surface area (Å²) in [6.07, 6.45) is 0. The Kier molecular flexibility index (Phi) is 11.1. The van der Waals surface area contributed by atoms with Gasteiger partial charge >= 0.3 is 0 Å². The summed E-state index contributed by atoms with van der Waals surface area (Å²) in [5.41, 5.74) is 5.07. The molecule has 6 nitrogen and oxygen atoms in total. The number of anilines is 1. The molecule has 0 radical (unpaired) electrons. The third-order valence-electron chi connectivity index (χ3n) is 5.28. The SMILES string of the molecule is CCNC(=NCc1ccc(N(C)C)cc1)NCc1ccccc1CN1CCOCC1.I.